The normalized spacial score (nSPS) is 11.8. The molecule has 0 bridgehead atoms. The summed E-state index contributed by atoms with van der Waals surface area (Å²) in [4.78, 5) is 12.4. The quantitative estimate of drug-likeness (QED) is 0.456. The van der Waals surface area contributed by atoms with Crippen LogP contribution in [-0.2, 0) is 4.79 Å². The first kappa shape index (κ1) is 12.7. The molecule has 0 aromatic heterocycles. The van der Waals surface area contributed by atoms with Gasteiger partial charge in [0.05, 0.1) is 0 Å². The van der Waals surface area contributed by atoms with Crippen LogP contribution in [0.4, 0.5) is 0 Å². The van der Waals surface area contributed by atoms with E-state index in [4.69, 9.17) is 0 Å². The van der Waals surface area contributed by atoms with Crippen molar-refractivity contribution in [1.29, 1.82) is 0 Å². The second kappa shape index (κ2) is 8.31. The molecule has 0 aromatic carbocycles. The first-order chi connectivity index (χ1) is 6.76. The third kappa shape index (κ3) is 5.37. The van der Waals surface area contributed by atoms with Crippen molar-refractivity contribution in [2.45, 2.75) is 6.92 Å². The van der Waals surface area contributed by atoms with Gasteiger partial charge < -0.3 is 15.5 Å². The molecule has 0 heterocycles. The Morgan fingerprint density at radius 3 is 2.64 bits per heavy atom. The number of nitrogens with one attached hydrogen (secondary N) is 2. The molecule has 0 atom stereocenters. The standard InChI is InChI=1S/C10H19N3O/c1-10(5-4-6-11-2)13(9-14)8-7-12-3/h4-6,9,11-12H,7-8H2,1-3H3/b6-4-,10-5+. The van der Waals surface area contributed by atoms with Gasteiger partial charge in [-0.05, 0) is 32.3 Å². The maximum atomic E-state index is 10.7. The zero-order chi connectivity index (χ0) is 10.8. The van der Waals surface area contributed by atoms with Crippen molar-refractivity contribution in [3.8, 4) is 0 Å². The van der Waals surface area contributed by atoms with E-state index < -0.39 is 0 Å². The molecule has 80 valence electrons. The first-order valence-corrected chi connectivity index (χ1v) is 4.63. The second-order valence-corrected chi connectivity index (χ2v) is 2.86. The third-order valence-electron chi connectivity index (χ3n) is 1.78. The number of allylic oxidation sites excluding steroid dienone is 3. The number of rotatable bonds is 7. The summed E-state index contributed by atoms with van der Waals surface area (Å²) in [6.45, 7) is 3.39. The van der Waals surface area contributed by atoms with Gasteiger partial charge in [-0.25, -0.2) is 0 Å². The molecule has 0 radical (unpaired) electrons. The summed E-state index contributed by atoms with van der Waals surface area (Å²) >= 11 is 0. The summed E-state index contributed by atoms with van der Waals surface area (Å²) in [5, 5.41) is 5.88. The smallest absolute Gasteiger partial charge is 0.213 e. The topological polar surface area (TPSA) is 44.4 Å². The van der Waals surface area contributed by atoms with Gasteiger partial charge in [-0.3, -0.25) is 4.79 Å². The van der Waals surface area contributed by atoms with Crippen LogP contribution in [-0.4, -0.2) is 38.5 Å². The summed E-state index contributed by atoms with van der Waals surface area (Å²) in [7, 11) is 3.70. The fraction of sp³-hybridized carbons (Fsp3) is 0.500. The van der Waals surface area contributed by atoms with Gasteiger partial charge in [0, 0.05) is 25.8 Å². The summed E-state index contributed by atoms with van der Waals surface area (Å²) in [6.07, 6.45) is 6.41. The monoisotopic (exact) mass is 197 g/mol. The molecule has 0 rings (SSSR count). The van der Waals surface area contributed by atoms with E-state index in [1.807, 2.05) is 39.4 Å². The van der Waals surface area contributed by atoms with E-state index in [1.165, 1.54) is 0 Å². The van der Waals surface area contributed by atoms with Gasteiger partial charge in [-0.2, -0.15) is 0 Å². The lowest BCUT2D eigenvalue weighted by Crippen LogP contribution is -2.28. The van der Waals surface area contributed by atoms with Crippen LogP contribution in [0.15, 0.2) is 24.0 Å². The Hall–Kier alpha value is -1.29. The van der Waals surface area contributed by atoms with Gasteiger partial charge >= 0.3 is 0 Å². The SMILES string of the molecule is CN/C=C\C=C(/C)N(C=O)CCNC. The Bertz CT molecular complexity index is 211. The molecule has 1 amide bonds. The Kier molecular flexibility index (Phi) is 7.55. The largest absolute Gasteiger partial charge is 0.394 e. The number of hydrogen-bond acceptors (Lipinski definition) is 3. The highest BCUT2D eigenvalue weighted by molar-refractivity contribution is 5.51. The number of carbonyl (C=O) groups excluding carboxylic acids is 1. The molecule has 0 spiro atoms. The highest BCUT2D eigenvalue weighted by Crippen LogP contribution is 1.99. The lowest BCUT2D eigenvalue weighted by atomic mass is 10.3. The zero-order valence-electron chi connectivity index (χ0n) is 9.08. The van der Waals surface area contributed by atoms with E-state index in [0.717, 1.165) is 18.7 Å². The highest BCUT2D eigenvalue weighted by Gasteiger charge is 2.00. The molecule has 0 unspecified atom stereocenters. The van der Waals surface area contributed by atoms with Gasteiger partial charge in [0.25, 0.3) is 0 Å². The van der Waals surface area contributed by atoms with Crippen molar-refractivity contribution in [3.63, 3.8) is 0 Å². The van der Waals surface area contributed by atoms with Gasteiger partial charge in [0.15, 0.2) is 0 Å². The molecule has 0 aliphatic rings. The van der Waals surface area contributed by atoms with Crippen molar-refractivity contribution in [2.75, 3.05) is 27.2 Å². The van der Waals surface area contributed by atoms with E-state index in [0.29, 0.717) is 6.54 Å². The van der Waals surface area contributed by atoms with E-state index in [9.17, 15) is 4.79 Å². The van der Waals surface area contributed by atoms with Crippen molar-refractivity contribution in [1.82, 2.24) is 15.5 Å². The van der Waals surface area contributed by atoms with Crippen LogP contribution in [0, 0.1) is 0 Å². The first-order valence-electron chi connectivity index (χ1n) is 4.63. The van der Waals surface area contributed by atoms with Crippen LogP contribution < -0.4 is 10.6 Å². The second-order valence-electron chi connectivity index (χ2n) is 2.86. The van der Waals surface area contributed by atoms with Crippen LogP contribution in [0.25, 0.3) is 0 Å². The molecule has 0 aliphatic heterocycles. The molecule has 0 fully saturated rings. The van der Waals surface area contributed by atoms with Crippen LogP contribution in [0.5, 0.6) is 0 Å². The Labute approximate surface area is 85.7 Å². The predicted octanol–water partition coefficient (Wildman–Crippen LogP) is 0.301. The predicted molar refractivity (Wildman–Crippen MR) is 58.7 cm³/mol. The van der Waals surface area contributed by atoms with Crippen LogP contribution in [0.3, 0.4) is 0 Å². The molecule has 0 aliphatic carbocycles. The van der Waals surface area contributed by atoms with Gasteiger partial charge in [0.2, 0.25) is 6.41 Å². The number of carbonyl (C=O) groups is 1. The van der Waals surface area contributed by atoms with Crippen molar-refractivity contribution < 1.29 is 4.79 Å². The number of likely N-dealkylation sites (N-methyl/N-ethyl adjacent to an activating group) is 1. The summed E-state index contributed by atoms with van der Waals surface area (Å²) in [6, 6.07) is 0. The number of nitrogens with zero attached hydrogens (tertiary/aromatic N) is 1. The van der Waals surface area contributed by atoms with Crippen molar-refractivity contribution >= 4 is 6.41 Å². The minimum absolute atomic E-state index is 0.690. The minimum atomic E-state index is 0.690. The molecule has 0 aromatic rings. The maximum Gasteiger partial charge on any atom is 0.213 e. The Morgan fingerprint density at radius 1 is 1.43 bits per heavy atom. The summed E-state index contributed by atoms with van der Waals surface area (Å²) in [5.74, 6) is 0. The molecule has 14 heavy (non-hydrogen) atoms. The Morgan fingerprint density at radius 2 is 2.14 bits per heavy atom. The van der Waals surface area contributed by atoms with Crippen molar-refractivity contribution in [3.05, 3.63) is 24.0 Å². The Balaban J connectivity index is 4.14. The third-order valence-corrected chi connectivity index (χ3v) is 1.78. The lowest BCUT2D eigenvalue weighted by molar-refractivity contribution is -0.116. The van der Waals surface area contributed by atoms with Crippen LogP contribution in [0.1, 0.15) is 6.92 Å². The molecule has 4 nitrogen and oxygen atoms in total. The van der Waals surface area contributed by atoms with E-state index >= 15 is 0 Å². The number of hydrogen-bond donors (Lipinski definition) is 2. The van der Waals surface area contributed by atoms with E-state index in [-0.39, 0.29) is 0 Å². The van der Waals surface area contributed by atoms with Crippen molar-refractivity contribution in [2.24, 2.45) is 0 Å². The number of amides is 1. The zero-order valence-corrected chi connectivity index (χ0v) is 9.08. The lowest BCUT2D eigenvalue weighted by Gasteiger charge is -2.17. The maximum absolute atomic E-state index is 10.7. The average Bonchev–Trinajstić information content (AvgIpc) is 2.19. The van der Waals surface area contributed by atoms with Gasteiger partial charge in [0.1, 0.15) is 0 Å². The fourth-order valence-electron chi connectivity index (χ4n) is 0.924. The summed E-state index contributed by atoms with van der Waals surface area (Å²) in [5.41, 5.74) is 0.932. The molecular formula is C10H19N3O. The molecule has 0 saturated carbocycles. The van der Waals surface area contributed by atoms with Crippen LogP contribution >= 0.6 is 0 Å². The minimum Gasteiger partial charge on any atom is -0.394 e. The summed E-state index contributed by atoms with van der Waals surface area (Å²) < 4.78 is 0. The molecular weight excluding hydrogens is 178 g/mol. The molecule has 4 heteroatoms. The molecule has 2 N–H and O–H groups in total. The van der Waals surface area contributed by atoms with Gasteiger partial charge in [-0.1, -0.05) is 0 Å². The van der Waals surface area contributed by atoms with Crippen LogP contribution in [0.2, 0.25) is 0 Å². The fourth-order valence-corrected chi connectivity index (χ4v) is 0.924. The highest BCUT2D eigenvalue weighted by atomic mass is 16.1. The van der Waals surface area contributed by atoms with E-state index in [1.54, 1.807) is 4.90 Å². The molecule has 0 saturated heterocycles. The average molecular weight is 197 g/mol. The van der Waals surface area contributed by atoms with E-state index in [2.05, 4.69) is 10.6 Å². The van der Waals surface area contributed by atoms with Gasteiger partial charge in [-0.15, -0.1) is 0 Å².